The molecule has 0 saturated carbocycles. The molecule has 0 saturated heterocycles. The normalized spacial score (nSPS) is 11.3. The number of carbonyl (C=O) groups is 1. The van der Waals surface area contributed by atoms with E-state index < -0.39 is 10.8 Å². The number of anilines is 1. The van der Waals surface area contributed by atoms with Crippen LogP contribution in [0.25, 0.3) is 10.2 Å². The number of fused-ring (bicyclic) bond motifs is 1. The second kappa shape index (κ2) is 7.09. The van der Waals surface area contributed by atoms with Crippen molar-refractivity contribution in [1.29, 1.82) is 0 Å². The van der Waals surface area contributed by atoms with Crippen molar-refractivity contribution >= 4 is 55.1 Å². The zero-order chi connectivity index (χ0) is 18.8. The summed E-state index contributed by atoms with van der Waals surface area (Å²) < 4.78 is 6.11. The number of nitro groups is 1. The Labute approximate surface area is 160 Å². The molecular formula is C17H10N4O4S2. The number of benzene rings is 1. The van der Waals surface area contributed by atoms with Gasteiger partial charge in [-0.25, -0.2) is 4.98 Å². The van der Waals surface area contributed by atoms with E-state index in [2.05, 4.69) is 10.1 Å². The number of hydrogen-bond donors (Lipinski definition) is 0. The predicted molar refractivity (Wildman–Crippen MR) is 104 cm³/mol. The van der Waals surface area contributed by atoms with Crippen molar-refractivity contribution in [3.63, 3.8) is 0 Å². The van der Waals surface area contributed by atoms with Crippen LogP contribution in [0.3, 0.4) is 0 Å². The van der Waals surface area contributed by atoms with Gasteiger partial charge in [0.1, 0.15) is 10.6 Å². The average molecular weight is 398 g/mol. The molecule has 0 aliphatic carbocycles. The van der Waals surface area contributed by atoms with E-state index in [1.165, 1.54) is 35.9 Å². The fourth-order valence-corrected chi connectivity index (χ4v) is 3.93. The summed E-state index contributed by atoms with van der Waals surface area (Å²) in [6.45, 7) is 0. The number of thiophene rings is 1. The standard InChI is InChI=1S/C17H10N4O4S2/c22-16(14-7-8-15(26-14)21(23)24)20(18-10-11-4-3-9-25-11)17-19-12-5-1-2-6-13(12)27-17/h1-10H/b18-10+. The zero-order valence-corrected chi connectivity index (χ0v) is 15.1. The maximum atomic E-state index is 13.0. The van der Waals surface area contributed by atoms with Gasteiger partial charge in [-0.3, -0.25) is 14.9 Å². The molecule has 27 heavy (non-hydrogen) atoms. The number of carbonyl (C=O) groups excluding carboxylic acids is 1. The number of thiazole rings is 1. The van der Waals surface area contributed by atoms with Crippen LogP contribution in [-0.4, -0.2) is 22.0 Å². The average Bonchev–Trinajstić information content (AvgIpc) is 3.41. The number of para-hydroxylation sites is 1. The van der Waals surface area contributed by atoms with Crippen LogP contribution in [0.15, 0.2) is 64.3 Å². The molecule has 3 aromatic heterocycles. The van der Waals surface area contributed by atoms with E-state index in [0.29, 0.717) is 10.9 Å². The van der Waals surface area contributed by atoms with Crippen LogP contribution >= 0.6 is 22.7 Å². The van der Waals surface area contributed by atoms with Crippen molar-refractivity contribution in [2.75, 3.05) is 5.01 Å². The summed E-state index contributed by atoms with van der Waals surface area (Å²) in [5.74, 6) is -0.0407. The number of hydrogen-bond acceptors (Lipinski definition) is 8. The van der Waals surface area contributed by atoms with Gasteiger partial charge in [0, 0.05) is 6.07 Å². The second-order valence-corrected chi connectivity index (χ2v) is 7.31. The quantitative estimate of drug-likeness (QED) is 0.279. The van der Waals surface area contributed by atoms with Gasteiger partial charge in [-0.2, -0.15) is 10.1 Å². The van der Waals surface area contributed by atoms with E-state index in [1.807, 2.05) is 24.3 Å². The Kier molecular flexibility index (Phi) is 4.48. The minimum absolute atomic E-state index is 0.113. The zero-order valence-electron chi connectivity index (χ0n) is 13.5. The number of nitrogens with zero attached hydrogens (tertiary/aromatic N) is 4. The first-order chi connectivity index (χ1) is 13.1. The Morgan fingerprint density at radius 2 is 2.04 bits per heavy atom. The highest BCUT2D eigenvalue weighted by molar-refractivity contribution is 7.22. The van der Waals surface area contributed by atoms with E-state index in [-0.39, 0.29) is 9.88 Å². The second-order valence-electron chi connectivity index (χ2n) is 5.24. The summed E-state index contributed by atoms with van der Waals surface area (Å²) in [5.41, 5.74) is 0.737. The summed E-state index contributed by atoms with van der Waals surface area (Å²) in [5, 5.41) is 16.5. The monoisotopic (exact) mass is 398 g/mol. The molecule has 4 aromatic rings. The van der Waals surface area contributed by atoms with Crippen molar-refractivity contribution in [1.82, 2.24) is 4.98 Å². The summed E-state index contributed by atoms with van der Waals surface area (Å²) in [7, 11) is 0. The molecule has 0 radical (unpaired) electrons. The summed E-state index contributed by atoms with van der Waals surface area (Å²) in [6.07, 6.45) is 2.89. The minimum atomic E-state index is -0.532. The van der Waals surface area contributed by atoms with Gasteiger partial charge in [0.25, 0.3) is 5.91 Å². The first-order valence-corrected chi connectivity index (χ1v) is 9.27. The first kappa shape index (κ1) is 17.1. The van der Waals surface area contributed by atoms with Crippen LogP contribution < -0.4 is 5.01 Å². The van der Waals surface area contributed by atoms with Gasteiger partial charge >= 0.3 is 5.00 Å². The summed E-state index contributed by atoms with van der Waals surface area (Å²) in [6, 6.07) is 13.6. The van der Waals surface area contributed by atoms with Crippen molar-refractivity contribution in [3.05, 3.63) is 75.5 Å². The maximum Gasteiger partial charge on any atom is 0.324 e. The van der Waals surface area contributed by atoms with Gasteiger partial charge < -0.3 is 4.42 Å². The Hall–Kier alpha value is -3.37. The Morgan fingerprint density at radius 1 is 1.19 bits per heavy atom. The fraction of sp³-hybridized carbons (Fsp3) is 0. The lowest BCUT2D eigenvalue weighted by atomic mass is 10.3. The SMILES string of the molecule is O=C(c1ccc([N+](=O)[O-])s1)N(/N=C/c1ccco1)c1nc2ccccc2s1. The largest absolute Gasteiger partial charge is 0.463 e. The first-order valence-electron chi connectivity index (χ1n) is 7.63. The predicted octanol–water partition coefficient (Wildman–Crippen LogP) is 4.54. The molecule has 10 heteroatoms. The molecule has 0 aliphatic rings. The number of aromatic nitrogens is 1. The van der Waals surface area contributed by atoms with Gasteiger partial charge in [-0.15, -0.1) is 0 Å². The number of amides is 1. The van der Waals surface area contributed by atoms with Gasteiger partial charge in [0.2, 0.25) is 5.13 Å². The molecule has 1 aromatic carbocycles. The molecule has 0 atom stereocenters. The Morgan fingerprint density at radius 3 is 2.74 bits per heavy atom. The van der Waals surface area contributed by atoms with Crippen molar-refractivity contribution in [3.8, 4) is 0 Å². The lowest BCUT2D eigenvalue weighted by Crippen LogP contribution is -2.24. The third-order valence-electron chi connectivity index (χ3n) is 3.48. The fourth-order valence-electron chi connectivity index (χ4n) is 2.26. The van der Waals surface area contributed by atoms with Gasteiger partial charge in [0.05, 0.1) is 27.6 Å². The van der Waals surface area contributed by atoms with E-state index in [0.717, 1.165) is 26.6 Å². The highest BCUT2D eigenvalue weighted by atomic mass is 32.1. The Balaban J connectivity index is 1.74. The molecule has 0 unspecified atom stereocenters. The lowest BCUT2D eigenvalue weighted by molar-refractivity contribution is -0.380. The lowest BCUT2D eigenvalue weighted by Gasteiger charge is -2.11. The van der Waals surface area contributed by atoms with Crippen LogP contribution in [0.1, 0.15) is 15.4 Å². The molecule has 4 rings (SSSR count). The smallest absolute Gasteiger partial charge is 0.324 e. The third-order valence-corrected chi connectivity index (χ3v) is 5.52. The van der Waals surface area contributed by atoms with Crippen LogP contribution in [-0.2, 0) is 0 Å². The molecule has 0 spiro atoms. The Bertz CT molecular complexity index is 1110. The van der Waals surface area contributed by atoms with E-state index >= 15 is 0 Å². The summed E-state index contributed by atoms with van der Waals surface area (Å²) in [4.78, 5) is 28.0. The molecule has 134 valence electrons. The molecule has 0 aliphatic heterocycles. The van der Waals surface area contributed by atoms with E-state index in [9.17, 15) is 14.9 Å². The molecule has 0 N–H and O–H groups in total. The van der Waals surface area contributed by atoms with Crippen LogP contribution in [0.2, 0.25) is 0 Å². The molecule has 8 nitrogen and oxygen atoms in total. The van der Waals surface area contributed by atoms with Crippen LogP contribution in [0.4, 0.5) is 10.1 Å². The summed E-state index contributed by atoms with van der Waals surface area (Å²) >= 11 is 2.09. The molecular weight excluding hydrogens is 388 g/mol. The van der Waals surface area contributed by atoms with Gasteiger partial charge in [0.15, 0.2) is 0 Å². The van der Waals surface area contributed by atoms with Crippen LogP contribution in [0.5, 0.6) is 0 Å². The number of rotatable bonds is 5. The third kappa shape index (κ3) is 3.48. The van der Waals surface area contributed by atoms with E-state index in [1.54, 1.807) is 12.1 Å². The molecule has 3 heterocycles. The highest BCUT2D eigenvalue weighted by Crippen LogP contribution is 2.32. The minimum Gasteiger partial charge on any atom is -0.463 e. The molecule has 0 bridgehead atoms. The van der Waals surface area contributed by atoms with Crippen molar-refractivity contribution in [2.45, 2.75) is 0 Å². The molecule has 0 fully saturated rings. The van der Waals surface area contributed by atoms with E-state index in [4.69, 9.17) is 4.42 Å². The van der Waals surface area contributed by atoms with Crippen molar-refractivity contribution < 1.29 is 14.1 Å². The maximum absolute atomic E-state index is 13.0. The van der Waals surface area contributed by atoms with Crippen LogP contribution in [0, 0.1) is 10.1 Å². The van der Waals surface area contributed by atoms with Crippen molar-refractivity contribution in [2.24, 2.45) is 5.10 Å². The number of hydrazone groups is 1. The number of furan rings is 1. The highest BCUT2D eigenvalue weighted by Gasteiger charge is 2.24. The van der Waals surface area contributed by atoms with Gasteiger partial charge in [-0.1, -0.05) is 34.8 Å². The van der Waals surface area contributed by atoms with Gasteiger partial charge in [-0.05, 0) is 30.3 Å². The topological polar surface area (TPSA) is 102 Å². The molecule has 1 amide bonds.